The topological polar surface area (TPSA) is 105 Å². The van der Waals surface area contributed by atoms with E-state index in [0.29, 0.717) is 11.5 Å². The number of amides is 1. The number of ether oxygens (including phenoxy) is 1. The number of thioether (sulfide) groups is 1. The van der Waals surface area contributed by atoms with Crippen molar-refractivity contribution in [2.45, 2.75) is 23.5 Å². The van der Waals surface area contributed by atoms with Crippen molar-refractivity contribution < 1.29 is 27.4 Å². The lowest BCUT2D eigenvalue weighted by Crippen LogP contribution is -2.49. The van der Waals surface area contributed by atoms with Crippen molar-refractivity contribution in [3.63, 3.8) is 0 Å². The predicted octanol–water partition coefficient (Wildman–Crippen LogP) is 1.78. The molecule has 0 aliphatic heterocycles. The van der Waals surface area contributed by atoms with E-state index >= 15 is 0 Å². The summed E-state index contributed by atoms with van der Waals surface area (Å²) in [5.74, 6) is -0.416. The number of aliphatic hydroxyl groups is 1. The molecule has 2 aromatic rings. The van der Waals surface area contributed by atoms with E-state index in [1.165, 1.54) is 23.9 Å². The highest BCUT2D eigenvalue weighted by atomic mass is 32.2. The van der Waals surface area contributed by atoms with Crippen molar-refractivity contribution in [1.82, 2.24) is 10.0 Å². The van der Waals surface area contributed by atoms with Gasteiger partial charge in [0.15, 0.2) is 0 Å². The van der Waals surface area contributed by atoms with Crippen molar-refractivity contribution in [3.8, 4) is 5.75 Å². The third-order valence-electron chi connectivity index (χ3n) is 4.05. The molecule has 0 spiro atoms. The highest BCUT2D eigenvalue weighted by Gasteiger charge is 2.27. The molecule has 3 N–H and O–H groups in total. The van der Waals surface area contributed by atoms with Gasteiger partial charge in [0.1, 0.15) is 35.2 Å². The molecule has 0 aromatic heterocycles. The van der Waals surface area contributed by atoms with Crippen LogP contribution in [-0.4, -0.2) is 56.7 Å². The Morgan fingerprint density at radius 2 is 1.83 bits per heavy atom. The number of carbonyl (C=O) groups is 1. The number of benzene rings is 2. The largest absolute Gasteiger partial charge is 0.491 e. The molecule has 30 heavy (non-hydrogen) atoms. The lowest BCUT2D eigenvalue weighted by atomic mass is 10.2. The Kier molecular flexibility index (Phi) is 9.57. The van der Waals surface area contributed by atoms with Crippen molar-refractivity contribution in [3.05, 3.63) is 60.4 Å². The molecule has 0 heterocycles. The van der Waals surface area contributed by atoms with Gasteiger partial charge in [-0.25, -0.2) is 12.8 Å². The van der Waals surface area contributed by atoms with Gasteiger partial charge in [-0.3, -0.25) is 4.79 Å². The third-order valence-corrected chi connectivity index (χ3v) is 6.20. The van der Waals surface area contributed by atoms with Crippen LogP contribution in [0.25, 0.3) is 0 Å². The summed E-state index contributed by atoms with van der Waals surface area (Å²) >= 11 is 1.44. The van der Waals surface area contributed by atoms with Crippen molar-refractivity contribution in [2.24, 2.45) is 0 Å². The molecule has 0 aliphatic carbocycles. The molecule has 2 unspecified atom stereocenters. The van der Waals surface area contributed by atoms with E-state index in [9.17, 15) is 22.7 Å². The first-order valence-electron chi connectivity index (χ1n) is 9.23. The molecule has 1 amide bonds. The van der Waals surface area contributed by atoms with Crippen LogP contribution in [0.5, 0.6) is 5.75 Å². The molecule has 164 valence electrons. The summed E-state index contributed by atoms with van der Waals surface area (Å²) in [5, 5.41) is 12.5. The molecular formula is C20H25FN2O5S2. The van der Waals surface area contributed by atoms with Gasteiger partial charge in [0.05, 0.1) is 0 Å². The Balaban J connectivity index is 1.95. The van der Waals surface area contributed by atoms with Gasteiger partial charge >= 0.3 is 0 Å². The minimum Gasteiger partial charge on any atom is -0.491 e. The van der Waals surface area contributed by atoms with Gasteiger partial charge in [-0.05, 0) is 42.7 Å². The van der Waals surface area contributed by atoms with Gasteiger partial charge in [-0.2, -0.15) is 16.5 Å². The van der Waals surface area contributed by atoms with E-state index in [4.69, 9.17) is 4.74 Å². The minimum atomic E-state index is -4.23. The number of hydrogen-bond donors (Lipinski definition) is 3. The van der Waals surface area contributed by atoms with Crippen LogP contribution < -0.4 is 14.8 Å². The molecular weight excluding hydrogens is 431 g/mol. The second-order valence-corrected chi connectivity index (χ2v) is 9.08. The Labute approximate surface area is 180 Å². The number of rotatable bonds is 12. The predicted molar refractivity (Wildman–Crippen MR) is 114 cm³/mol. The summed E-state index contributed by atoms with van der Waals surface area (Å²) in [6.07, 6.45) is 1.04. The first-order valence-corrected chi connectivity index (χ1v) is 12.1. The number of para-hydroxylation sites is 1. The van der Waals surface area contributed by atoms with E-state index in [1.54, 1.807) is 24.3 Å². The molecule has 2 atom stereocenters. The summed E-state index contributed by atoms with van der Waals surface area (Å²) in [4.78, 5) is 12.0. The van der Waals surface area contributed by atoms with Crippen LogP contribution in [0.15, 0.2) is 59.5 Å². The Morgan fingerprint density at radius 1 is 1.17 bits per heavy atom. The molecule has 2 rings (SSSR count). The van der Waals surface area contributed by atoms with Gasteiger partial charge in [0.25, 0.3) is 0 Å². The Morgan fingerprint density at radius 3 is 2.50 bits per heavy atom. The van der Waals surface area contributed by atoms with Crippen LogP contribution in [-0.2, 0) is 14.8 Å². The summed E-state index contributed by atoms with van der Waals surface area (Å²) in [6, 6.07) is 12.7. The average molecular weight is 457 g/mol. The van der Waals surface area contributed by atoms with Crippen LogP contribution in [0.4, 0.5) is 4.39 Å². The van der Waals surface area contributed by atoms with E-state index in [1.807, 2.05) is 12.3 Å². The zero-order valence-corrected chi connectivity index (χ0v) is 18.1. The third kappa shape index (κ3) is 7.60. The zero-order chi connectivity index (χ0) is 22.0. The summed E-state index contributed by atoms with van der Waals surface area (Å²) in [7, 11) is -4.23. The van der Waals surface area contributed by atoms with Crippen molar-refractivity contribution >= 4 is 27.7 Å². The maximum Gasteiger partial charge on any atom is 0.244 e. The summed E-state index contributed by atoms with van der Waals surface area (Å²) in [5.41, 5.74) is 0. The fourth-order valence-corrected chi connectivity index (χ4v) is 4.28. The number of nitrogens with one attached hydrogen (secondary N) is 2. The highest BCUT2D eigenvalue weighted by molar-refractivity contribution is 7.98. The standard InChI is InChI=1S/C20H25FN2O5S2/c1-29-12-11-18(23-30(26,27)19-10-6-5-9-17(19)21)20(25)22-13-15(24)14-28-16-7-3-2-4-8-16/h2-10,15,18,23-24H,11-14H2,1H3,(H,22,25). The zero-order valence-electron chi connectivity index (χ0n) is 16.5. The fourth-order valence-electron chi connectivity index (χ4n) is 2.50. The monoisotopic (exact) mass is 456 g/mol. The number of sulfonamides is 1. The molecule has 7 nitrogen and oxygen atoms in total. The summed E-state index contributed by atoms with van der Waals surface area (Å²) < 4.78 is 46.6. The van der Waals surface area contributed by atoms with E-state index in [2.05, 4.69) is 10.0 Å². The highest BCUT2D eigenvalue weighted by Crippen LogP contribution is 2.15. The van der Waals surface area contributed by atoms with Gasteiger partial charge in [0, 0.05) is 6.54 Å². The SMILES string of the molecule is CSCCC(NS(=O)(=O)c1ccccc1F)C(=O)NCC(O)COc1ccccc1. The first kappa shape index (κ1) is 24.1. The smallest absolute Gasteiger partial charge is 0.244 e. The van der Waals surface area contributed by atoms with E-state index in [-0.39, 0.29) is 19.6 Å². The number of hydrogen-bond acceptors (Lipinski definition) is 6. The van der Waals surface area contributed by atoms with Gasteiger partial charge in [0.2, 0.25) is 15.9 Å². The average Bonchev–Trinajstić information content (AvgIpc) is 2.74. The first-order chi connectivity index (χ1) is 14.3. The lowest BCUT2D eigenvalue weighted by molar-refractivity contribution is -0.123. The quantitative estimate of drug-likeness (QED) is 0.450. The normalized spacial score (nSPS) is 13.4. The maximum absolute atomic E-state index is 13.9. The van der Waals surface area contributed by atoms with Crippen molar-refractivity contribution in [2.75, 3.05) is 25.2 Å². The second-order valence-electron chi connectivity index (χ2n) is 6.41. The Hall–Kier alpha value is -2.14. The summed E-state index contributed by atoms with van der Waals surface area (Å²) in [6.45, 7) is -0.163. The molecule has 0 aliphatic rings. The van der Waals surface area contributed by atoms with E-state index in [0.717, 1.165) is 12.1 Å². The maximum atomic E-state index is 13.9. The van der Waals surface area contributed by atoms with Crippen LogP contribution in [0.2, 0.25) is 0 Å². The van der Waals surface area contributed by atoms with E-state index < -0.39 is 38.8 Å². The Bertz CT molecular complexity index is 912. The fraction of sp³-hybridized carbons (Fsp3) is 0.350. The molecule has 0 saturated heterocycles. The molecule has 10 heteroatoms. The number of aliphatic hydroxyl groups excluding tert-OH is 1. The molecule has 0 radical (unpaired) electrons. The number of halogens is 1. The van der Waals surface area contributed by atoms with Gasteiger partial charge in [-0.1, -0.05) is 30.3 Å². The molecule has 0 fully saturated rings. The molecule has 2 aromatic carbocycles. The number of carbonyl (C=O) groups excluding carboxylic acids is 1. The molecule has 0 saturated carbocycles. The van der Waals surface area contributed by atoms with Crippen LogP contribution in [0.1, 0.15) is 6.42 Å². The molecule has 0 bridgehead atoms. The van der Waals surface area contributed by atoms with Crippen LogP contribution in [0, 0.1) is 5.82 Å². The van der Waals surface area contributed by atoms with Crippen molar-refractivity contribution in [1.29, 1.82) is 0 Å². The van der Waals surface area contributed by atoms with Gasteiger partial charge in [-0.15, -0.1) is 0 Å². The van der Waals surface area contributed by atoms with Gasteiger partial charge < -0.3 is 15.2 Å². The van der Waals surface area contributed by atoms with Crippen LogP contribution >= 0.6 is 11.8 Å². The minimum absolute atomic E-state index is 0.0409. The lowest BCUT2D eigenvalue weighted by Gasteiger charge is -2.20. The second kappa shape index (κ2) is 11.9. The van der Waals surface area contributed by atoms with Crippen LogP contribution in [0.3, 0.4) is 0 Å².